The number of carbonyl (C=O) groups excluding carboxylic acids is 3. The van der Waals surface area contributed by atoms with E-state index in [2.05, 4.69) is 10.1 Å². The third-order valence-corrected chi connectivity index (χ3v) is 5.89. The molecule has 4 rings (SSSR count). The third-order valence-electron chi connectivity index (χ3n) is 5.89. The number of aliphatic hydroxyl groups is 1. The molecule has 0 aromatic carbocycles. The number of carbonyl (C=O) groups is 3. The first-order valence-electron chi connectivity index (χ1n) is 10.7. The number of pyridine rings is 1. The van der Waals surface area contributed by atoms with Crippen molar-refractivity contribution >= 4 is 17.9 Å². The molecule has 2 aromatic heterocycles. The second kappa shape index (κ2) is 7.84. The number of primary amides is 1. The zero-order chi connectivity index (χ0) is 24.1. The summed E-state index contributed by atoms with van der Waals surface area (Å²) in [6.45, 7) is 6.27. The molecule has 3 N–H and O–H groups in total. The molecule has 4 heterocycles. The van der Waals surface area contributed by atoms with Crippen LogP contribution in [0.15, 0.2) is 18.3 Å². The average molecular weight is 457 g/mol. The molecule has 2 aromatic rings. The lowest BCUT2D eigenvalue weighted by molar-refractivity contribution is -0.143. The van der Waals surface area contributed by atoms with Crippen LogP contribution in [0.1, 0.15) is 54.5 Å². The Kier molecular flexibility index (Phi) is 5.39. The highest BCUT2D eigenvalue weighted by Gasteiger charge is 2.45. The number of likely N-dealkylation sites (N-methyl/N-ethyl adjacent to an activating group) is 1. The van der Waals surface area contributed by atoms with Crippen molar-refractivity contribution in [3.05, 3.63) is 40.8 Å². The minimum absolute atomic E-state index is 0.0425. The fourth-order valence-corrected chi connectivity index (χ4v) is 4.20. The van der Waals surface area contributed by atoms with Gasteiger partial charge in [-0.2, -0.15) is 5.10 Å². The SMILES string of the molecule is CN1CC[C@@](O)(c2ccnc(-n3nc(C(N)=O)c4c3CCN(C(=O)OC(C)(C)C)C4)c2)C1=O. The van der Waals surface area contributed by atoms with Crippen molar-refractivity contribution < 1.29 is 24.2 Å². The van der Waals surface area contributed by atoms with Crippen LogP contribution in [0.5, 0.6) is 0 Å². The predicted molar refractivity (Wildman–Crippen MR) is 116 cm³/mol. The van der Waals surface area contributed by atoms with Gasteiger partial charge in [-0.3, -0.25) is 9.59 Å². The van der Waals surface area contributed by atoms with Gasteiger partial charge in [-0.05, 0) is 38.5 Å². The highest BCUT2D eigenvalue weighted by molar-refractivity contribution is 5.93. The maximum atomic E-state index is 12.6. The summed E-state index contributed by atoms with van der Waals surface area (Å²) in [7, 11) is 1.64. The summed E-state index contributed by atoms with van der Waals surface area (Å²) in [5, 5.41) is 15.4. The van der Waals surface area contributed by atoms with Crippen LogP contribution in [0.25, 0.3) is 5.82 Å². The molecule has 2 aliphatic heterocycles. The molecule has 33 heavy (non-hydrogen) atoms. The van der Waals surface area contributed by atoms with E-state index >= 15 is 0 Å². The molecular formula is C22H28N6O5. The Hall–Kier alpha value is -3.47. The van der Waals surface area contributed by atoms with Gasteiger partial charge in [0, 0.05) is 44.7 Å². The monoisotopic (exact) mass is 456 g/mol. The minimum Gasteiger partial charge on any atom is -0.444 e. The Morgan fingerprint density at radius 2 is 2.00 bits per heavy atom. The summed E-state index contributed by atoms with van der Waals surface area (Å²) < 4.78 is 6.95. The smallest absolute Gasteiger partial charge is 0.410 e. The number of likely N-dealkylation sites (tertiary alicyclic amines) is 1. The summed E-state index contributed by atoms with van der Waals surface area (Å²) in [4.78, 5) is 44.5. The van der Waals surface area contributed by atoms with Gasteiger partial charge in [0.1, 0.15) is 5.60 Å². The van der Waals surface area contributed by atoms with Crippen LogP contribution in [0, 0.1) is 0 Å². The largest absolute Gasteiger partial charge is 0.444 e. The highest BCUT2D eigenvalue weighted by Crippen LogP contribution is 2.34. The van der Waals surface area contributed by atoms with Crippen molar-refractivity contribution in [2.45, 2.75) is 51.4 Å². The van der Waals surface area contributed by atoms with E-state index in [1.54, 1.807) is 40.0 Å². The van der Waals surface area contributed by atoms with Crippen molar-refractivity contribution in [1.29, 1.82) is 0 Å². The molecular weight excluding hydrogens is 428 g/mol. The van der Waals surface area contributed by atoms with E-state index in [-0.39, 0.29) is 24.6 Å². The van der Waals surface area contributed by atoms with E-state index in [4.69, 9.17) is 10.5 Å². The molecule has 1 fully saturated rings. The van der Waals surface area contributed by atoms with Gasteiger partial charge in [0.2, 0.25) is 0 Å². The molecule has 0 unspecified atom stereocenters. The van der Waals surface area contributed by atoms with Gasteiger partial charge >= 0.3 is 6.09 Å². The molecule has 2 aliphatic rings. The number of aromatic nitrogens is 3. The number of nitrogens with two attached hydrogens (primary N) is 1. The number of amides is 3. The Morgan fingerprint density at radius 1 is 1.27 bits per heavy atom. The first-order chi connectivity index (χ1) is 15.4. The number of hydrogen-bond acceptors (Lipinski definition) is 7. The van der Waals surface area contributed by atoms with E-state index in [1.165, 1.54) is 20.7 Å². The second-order valence-corrected chi connectivity index (χ2v) is 9.44. The van der Waals surface area contributed by atoms with Crippen LogP contribution < -0.4 is 5.73 Å². The van der Waals surface area contributed by atoms with Crippen LogP contribution in [0.2, 0.25) is 0 Å². The number of rotatable bonds is 3. The fourth-order valence-electron chi connectivity index (χ4n) is 4.20. The summed E-state index contributed by atoms with van der Waals surface area (Å²) in [6.07, 6.45) is 1.66. The number of hydrogen-bond donors (Lipinski definition) is 2. The van der Waals surface area contributed by atoms with Crippen molar-refractivity contribution in [3.63, 3.8) is 0 Å². The van der Waals surface area contributed by atoms with Gasteiger partial charge in [-0.1, -0.05) is 0 Å². The summed E-state index contributed by atoms with van der Waals surface area (Å²) >= 11 is 0. The molecule has 0 aliphatic carbocycles. The Bertz CT molecular complexity index is 1140. The molecule has 0 radical (unpaired) electrons. The average Bonchev–Trinajstić information content (AvgIpc) is 3.26. The minimum atomic E-state index is -1.64. The standard InChI is InChI=1S/C22H28N6O5/c1-21(2,3)33-20(31)27-9-6-15-14(12-27)17(18(23)29)25-28(15)16-11-13(5-8-24-16)22(32)7-10-26(4)19(22)30/h5,8,11,32H,6-7,9-10,12H2,1-4H3,(H2,23,29)/t22-/m1/s1. The summed E-state index contributed by atoms with van der Waals surface area (Å²) in [6, 6.07) is 3.19. The van der Waals surface area contributed by atoms with E-state index < -0.39 is 23.2 Å². The number of ether oxygens (including phenoxy) is 1. The fraction of sp³-hybridized carbons (Fsp3) is 0.500. The quantitative estimate of drug-likeness (QED) is 0.692. The van der Waals surface area contributed by atoms with Crippen molar-refractivity contribution in [2.75, 3.05) is 20.1 Å². The van der Waals surface area contributed by atoms with Crippen LogP contribution in [0.4, 0.5) is 4.79 Å². The summed E-state index contributed by atoms with van der Waals surface area (Å²) in [5.41, 5.74) is 4.95. The van der Waals surface area contributed by atoms with Gasteiger partial charge in [0.05, 0.1) is 12.2 Å². The van der Waals surface area contributed by atoms with Gasteiger partial charge in [0.15, 0.2) is 17.1 Å². The predicted octanol–water partition coefficient (Wildman–Crippen LogP) is 0.709. The Labute approximate surface area is 191 Å². The summed E-state index contributed by atoms with van der Waals surface area (Å²) in [5.74, 6) is -0.760. The highest BCUT2D eigenvalue weighted by atomic mass is 16.6. The van der Waals surface area contributed by atoms with Gasteiger partial charge in [-0.25, -0.2) is 14.5 Å². The molecule has 0 spiro atoms. The van der Waals surface area contributed by atoms with Gasteiger partial charge in [0.25, 0.3) is 11.8 Å². The van der Waals surface area contributed by atoms with E-state index in [0.717, 1.165) is 0 Å². The zero-order valence-electron chi connectivity index (χ0n) is 19.2. The number of fused-ring (bicyclic) bond motifs is 1. The van der Waals surface area contributed by atoms with E-state index in [9.17, 15) is 19.5 Å². The lowest BCUT2D eigenvalue weighted by Crippen LogP contribution is -2.40. The number of nitrogens with zero attached hydrogens (tertiary/aromatic N) is 5. The van der Waals surface area contributed by atoms with E-state index in [0.29, 0.717) is 42.1 Å². The topological polar surface area (TPSA) is 144 Å². The molecule has 3 amide bonds. The normalized spacial score (nSPS) is 20.7. The van der Waals surface area contributed by atoms with Gasteiger partial charge < -0.3 is 25.4 Å². The van der Waals surface area contributed by atoms with Crippen LogP contribution in [-0.2, 0) is 28.1 Å². The molecule has 0 bridgehead atoms. The molecule has 11 nitrogen and oxygen atoms in total. The molecule has 0 saturated carbocycles. The Morgan fingerprint density at radius 3 is 2.61 bits per heavy atom. The first kappa shape index (κ1) is 22.7. The van der Waals surface area contributed by atoms with Crippen molar-refractivity contribution in [1.82, 2.24) is 24.6 Å². The maximum absolute atomic E-state index is 12.6. The second-order valence-electron chi connectivity index (χ2n) is 9.44. The Balaban J connectivity index is 1.71. The molecule has 176 valence electrons. The van der Waals surface area contributed by atoms with Gasteiger partial charge in [-0.15, -0.1) is 0 Å². The van der Waals surface area contributed by atoms with Crippen molar-refractivity contribution in [3.8, 4) is 5.82 Å². The first-order valence-corrected chi connectivity index (χ1v) is 10.7. The van der Waals surface area contributed by atoms with Crippen LogP contribution in [0.3, 0.4) is 0 Å². The lowest BCUT2D eigenvalue weighted by atomic mass is 9.93. The maximum Gasteiger partial charge on any atom is 0.410 e. The van der Waals surface area contributed by atoms with Crippen LogP contribution >= 0.6 is 0 Å². The van der Waals surface area contributed by atoms with E-state index in [1.807, 2.05) is 0 Å². The molecule has 1 atom stereocenters. The van der Waals surface area contributed by atoms with Crippen LogP contribution in [-0.4, -0.2) is 73.3 Å². The lowest BCUT2D eigenvalue weighted by Gasteiger charge is -2.30. The van der Waals surface area contributed by atoms with Crippen molar-refractivity contribution in [2.24, 2.45) is 5.73 Å². The zero-order valence-corrected chi connectivity index (χ0v) is 19.2. The molecule has 11 heteroatoms. The third kappa shape index (κ3) is 4.04. The molecule has 1 saturated heterocycles.